The molecule has 0 aliphatic heterocycles. The van der Waals surface area contributed by atoms with Crippen LogP contribution in [0, 0.1) is 0 Å². The van der Waals surface area contributed by atoms with E-state index in [2.05, 4.69) is 15.3 Å². The van der Waals surface area contributed by atoms with Gasteiger partial charge in [0, 0.05) is 27.4 Å². The maximum Gasteiger partial charge on any atom is 0.328 e. The molecule has 1 atom stereocenters. The summed E-state index contributed by atoms with van der Waals surface area (Å²) in [5, 5.41) is 11.7. The maximum absolute atomic E-state index is 10.9. The lowest BCUT2D eigenvalue weighted by Crippen LogP contribution is -2.34. The molecule has 0 aliphatic rings. The minimum absolute atomic E-state index is 0.0661. The highest BCUT2D eigenvalue weighted by Crippen LogP contribution is 2.09. The lowest BCUT2D eigenvalue weighted by Gasteiger charge is -2.15. The van der Waals surface area contributed by atoms with Crippen LogP contribution in [0.4, 0.5) is 11.8 Å². The SMILES string of the molecule is COCC(Nc1ccnc(N(C)C)n1)C(=O)O. The summed E-state index contributed by atoms with van der Waals surface area (Å²) in [4.78, 5) is 20.8. The number of aliphatic carboxylic acids is 1. The van der Waals surface area contributed by atoms with Gasteiger partial charge in [0.1, 0.15) is 11.9 Å². The molecule has 0 saturated carbocycles. The first kappa shape index (κ1) is 13.2. The normalized spacial score (nSPS) is 11.9. The third-order valence-electron chi connectivity index (χ3n) is 2.00. The molecule has 0 fully saturated rings. The summed E-state index contributed by atoms with van der Waals surface area (Å²) in [6, 6.07) is 0.781. The zero-order valence-electron chi connectivity index (χ0n) is 10.0. The summed E-state index contributed by atoms with van der Waals surface area (Å²) in [6.45, 7) is 0.0661. The Morgan fingerprint density at radius 1 is 1.65 bits per heavy atom. The minimum atomic E-state index is -0.989. The van der Waals surface area contributed by atoms with Gasteiger partial charge in [-0.05, 0) is 6.07 Å². The fourth-order valence-electron chi connectivity index (χ4n) is 1.16. The standard InChI is InChI=1S/C10H16N4O3/c1-14(2)10-11-5-4-8(13-10)12-7(6-17-3)9(15)16/h4-5,7H,6H2,1-3H3,(H,15,16)(H,11,12,13). The molecule has 0 radical (unpaired) electrons. The van der Waals surface area contributed by atoms with Gasteiger partial charge in [0.05, 0.1) is 6.61 Å². The van der Waals surface area contributed by atoms with E-state index in [0.29, 0.717) is 11.8 Å². The smallest absolute Gasteiger partial charge is 0.328 e. The van der Waals surface area contributed by atoms with Crippen molar-refractivity contribution in [1.29, 1.82) is 0 Å². The topological polar surface area (TPSA) is 87.6 Å². The number of carboxylic acids is 1. The Morgan fingerprint density at radius 3 is 2.88 bits per heavy atom. The van der Waals surface area contributed by atoms with Gasteiger partial charge < -0.3 is 20.1 Å². The van der Waals surface area contributed by atoms with Crippen LogP contribution in [0.5, 0.6) is 0 Å². The quantitative estimate of drug-likeness (QED) is 0.726. The molecule has 0 saturated heterocycles. The number of ether oxygens (including phenoxy) is 1. The van der Waals surface area contributed by atoms with E-state index in [1.165, 1.54) is 7.11 Å². The van der Waals surface area contributed by atoms with Gasteiger partial charge in [0.2, 0.25) is 5.95 Å². The van der Waals surface area contributed by atoms with Gasteiger partial charge in [0.15, 0.2) is 0 Å². The summed E-state index contributed by atoms with van der Waals surface area (Å²) in [5.74, 6) is -0.0263. The largest absolute Gasteiger partial charge is 0.480 e. The number of carboxylic acid groups (broad SMARTS) is 1. The Morgan fingerprint density at radius 2 is 2.35 bits per heavy atom. The van der Waals surface area contributed by atoms with Gasteiger partial charge in [-0.2, -0.15) is 4.98 Å². The number of hydrogen-bond acceptors (Lipinski definition) is 6. The molecule has 94 valence electrons. The summed E-state index contributed by atoms with van der Waals surface area (Å²) >= 11 is 0. The summed E-state index contributed by atoms with van der Waals surface area (Å²) < 4.78 is 4.82. The first-order valence-corrected chi connectivity index (χ1v) is 5.03. The fraction of sp³-hybridized carbons (Fsp3) is 0.500. The Hall–Kier alpha value is -1.89. The number of hydrogen-bond donors (Lipinski definition) is 2. The van der Waals surface area contributed by atoms with Crippen LogP contribution in [0.15, 0.2) is 12.3 Å². The molecule has 0 aromatic carbocycles. The van der Waals surface area contributed by atoms with E-state index >= 15 is 0 Å². The van der Waals surface area contributed by atoms with Crippen LogP contribution in [-0.4, -0.2) is 54.9 Å². The summed E-state index contributed by atoms with van der Waals surface area (Å²) in [7, 11) is 5.06. The first-order valence-electron chi connectivity index (χ1n) is 5.03. The van der Waals surface area contributed by atoms with Crippen molar-refractivity contribution in [2.24, 2.45) is 0 Å². The van der Waals surface area contributed by atoms with Gasteiger partial charge in [-0.3, -0.25) is 0 Å². The molecule has 0 aliphatic carbocycles. The fourth-order valence-corrected chi connectivity index (χ4v) is 1.16. The first-order chi connectivity index (χ1) is 8.04. The van der Waals surface area contributed by atoms with Crippen LogP contribution in [0.25, 0.3) is 0 Å². The van der Waals surface area contributed by atoms with Gasteiger partial charge in [-0.1, -0.05) is 0 Å². The van der Waals surface area contributed by atoms with Crippen molar-refractivity contribution in [2.75, 3.05) is 38.0 Å². The number of nitrogens with zero attached hydrogens (tertiary/aromatic N) is 3. The number of anilines is 2. The molecular weight excluding hydrogens is 224 g/mol. The number of rotatable bonds is 6. The van der Waals surface area contributed by atoms with Crippen molar-refractivity contribution in [3.05, 3.63) is 12.3 Å². The third kappa shape index (κ3) is 3.87. The summed E-state index contributed by atoms with van der Waals surface area (Å²) in [6.07, 6.45) is 1.57. The Bertz CT molecular complexity index is 384. The number of carbonyl (C=O) groups is 1. The molecule has 1 aromatic heterocycles. The second-order valence-electron chi connectivity index (χ2n) is 3.63. The molecular formula is C10H16N4O3. The van der Waals surface area contributed by atoms with Crippen LogP contribution in [-0.2, 0) is 9.53 Å². The van der Waals surface area contributed by atoms with E-state index in [4.69, 9.17) is 9.84 Å². The van der Waals surface area contributed by atoms with E-state index in [1.807, 2.05) is 14.1 Å². The van der Waals surface area contributed by atoms with Crippen LogP contribution in [0.1, 0.15) is 0 Å². The number of nitrogens with one attached hydrogen (secondary N) is 1. The predicted octanol–water partition coefficient (Wildman–Crippen LogP) is 0.0541. The van der Waals surface area contributed by atoms with Crippen LogP contribution in [0.3, 0.4) is 0 Å². The van der Waals surface area contributed by atoms with Gasteiger partial charge in [-0.25, -0.2) is 9.78 Å². The third-order valence-corrected chi connectivity index (χ3v) is 2.00. The lowest BCUT2D eigenvalue weighted by molar-refractivity contribution is -0.139. The van der Waals surface area contributed by atoms with Crippen molar-refractivity contribution in [1.82, 2.24) is 9.97 Å². The molecule has 1 unspecified atom stereocenters. The van der Waals surface area contributed by atoms with Crippen molar-refractivity contribution < 1.29 is 14.6 Å². The average molecular weight is 240 g/mol. The zero-order valence-corrected chi connectivity index (χ0v) is 10.0. The molecule has 7 nitrogen and oxygen atoms in total. The van der Waals surface area contributed by atoms with E-state index in [1.54, 1.807) is 17.2 Å². The second kappa shape index (κ2) is 6.00. The highest BCUT2D eigenvalue weighted by molar-refractivity contribution is 5.77. The predicted molar refractivity (Wildman–Crippen MR) is 63.3 cm³/mol. The molecule has 1 rings (SSSR count). The maximum atomic E-state index is 10.9. The molecule has 1 heterocycles. The summed E-state index contributed by atoms with van der Waals surface area (Å²) in [5.41, 5.74) is 0. The van der Waals surface area contributed by atoms with E-state index in [0.717, 1.165) is 0 Å². The number of methoxy groups -OCH3 is 1. The highest BCUT2D eigenvalue weighted by Gasteiger charge is 2.17. The Labute approximate surface area is 99.4 Å². The van der Waals surface area contributed by atoms with Crippen LogP contribution >= 0.6 is 0 Å². The molecule has 1 aromatic rings. The number of aromatic nitrogens is 2. The Kier molecular flexibility index (Phi) is 4.65. The molecule has 17 heavy (non-hydrogen) atoms. The van der Waals surface area contributed by atoms with Crippen molar-refractivity contribution in [3.8, 4) is 0 Å². The monoisotopic (exact) mass is 240 g/mol. The average Bonchev–Trinajstić information content (AvgIpc) is 2.28. The zero-order chi connectivity index (χ0) is 12.8. The molecule has 2 N–H and O–H groups in total. The van der Waals surface area contributed by atoms with Crippen molar-refractivity contribution >= 4 is 17.7 Å². The minimum Gasteiger partial charge on any atom is -0.480 e. The van der Waals surface area contributed by atoms with E-state index in [9.17, 15) is 4.79 Å². The van der Waals surface area contributed by atoms with Crippen LogP contribution in [0.2, 0.25) is 0 Å². The van der Waals surface area contributed by atoms with Crippen LogP contribution < -0.4 is 10.2 Å². The van der Waals surface area contributed by atoms with Gasteiger partial charge in [0.25, 0.3) is 0 Å². The molecule has 0 bridgehead atoms. The van der Waals surface area contributed by atoms with E-state index < -0.39 is 12.0 Å². The highest BCUT2D eigenvalue weighted by atomic mass is 16.5. The van der Waals surface area contributed by atoms with Crippen molar-refractivity contribution in [3.63, 3.8) is 0 Å². The molecule has 0 spiro atoms. The van der Waals surface area contributed by atoms with Gasteiger partial charge >= 0.3 is 5.97 Å². The lowest BCUT2D eigenvalue weighted by atomic mass is 10.3. The second-order valence-corrected chi connectivity index (χ2v) is 3.63. The van der Waals surface area contributed by atoms with E-state index in [-0.39, 0.29) is 6.61 Å². The molecule has 0 amide bonds. The Balaban J connectivity index is 2.78. The van der Waals surface area contributed by atoms with Gasteiger partial charge in [-0.15, -0.1) is 0 Å². The van der Waals surface area contributed by atoms with Crippen molar-refractivity contribution in [2.45, 2.75) is 6.04 Å². The molecule has 7 heteroatoms.